The summed E-state index contributed by atoms with van der Waals surface area (Å²) in [6.45, 7) is 4.21. The number of hydrogen-bond acceptors (Lipinski definition) is 6. The molecule has 0 unspecified atom stereocenters. The van der Waals surface area contributed by atoms with E-state index in [1.54, 1.807) is 38.2 Å². The zero-order chi connectivity index (χ0) is 24.5. The van der Waals surface area contributed by atoms with Crippen molar-refractivity contribution in [2.24, 2.45) is 0 Å². The average molecular weight is 477 g/mol. The molecule has 5 rings (SSSR count). The topological polar surface area (TPSA) is 105 Å². The van der Waals surface area contributed by atoms with E-state index in [-0.39, 0.29) is 22.3 Å². The Kier molecular flexibility index (Phi) is 4.66. The van der Waals surface area contributed by atoms with E-state index in [4.69, 9.17) is 4.42 Å². The van der Waals surface area contributed by atoms with Gasteiger partial charge in [0, 0.05) is 35.7 Å². The van der Waals surface area contributed by atoms with E-state index in [0.29, 0.717) is 48.6 Å². The lowest BCUT2D eigenvalue weighted by molar-refractivity contribution is -0.115. The van der Waals surface area contributed by atoms with Gasteiger partial charge in [0.1, 0.15) is 11.3 Å². The van der Waals surface area contributed by atoms with Gasteiger partial charge in [-0.25, -0.2) is 12.7 Å². The number of benzene rings is 3. The third-order valence-electron chi connectivity index (χ3n) is 6.11. The number of nitrogens with zero attached hydrogens (tertiary/aromatic N) is 2. The van der Waals surface area contributed by atoms with Crippen LogP contribution in [0.15, 0.2) is 57.8 Å². The van der Waals surface area contributed by atoms with Crippen LogP contribution in [0.5, 0.6) is 0 Å². The number of fused-ring (bicyclic) bond motifs is 1. The number of aryl methyl sites for hydroxylation is 1. The molecule has 9 heteroatoms. The number of Topliss-reactive ketones (excluding diaryl/α,β-unsaturated/α-hetero) is 1. The van der Waals surface area contributed by atoms with E-state index in [1.807, 2.05) is 0 Å². The molecule has 3 aromatic carbocycles. The first-order valence-corrected chi connectivity index (χ1v) is 11.9. The van der Waals surface area contributed by atoms with E-state index >= 15 is 0 Å². The molecule has 34 heavy (non-hydrogen) atoms. The molecular formula is C25H20N2O6S. The van der Waals surface area contributed by atoms with Gasteiger partial charge in [-0.05, 0) is 50.2 Å². The largest absolute Gasteiger partial charge is 0.461 e. The van der Waals surface area contributed by atoms with E-state index in [2.05, 4.69) is 0 Å². The summed E-state index contributed by atoms with van der Waals surface area (Å²) in [6.07, 6.45) is 0. The van der Waals surface area contributed by atoms with Crippen molar-refractivity contribution in [1.29, 1.82) is 0 Å². The molecule has 0 N–H and O–H groups in total. The molecule has 1 aromatic heterocycles. The van der Waals surface area contributed by atoms with Crippen LogP contribution in [0.25, 0.3) is 21.7 Å². The van der Waals surface area contributed by atoms with Gasteiger partial charge in [0.05, 0.1) is 21.8 Å². The van der Waals surface area contributed by atoms with Crippen molar-refractivity contribution in [3.05, 3.63) is 65.4 Å². The highest BCUT2D eigenvalue weighted by atomic mass is 32.2. The van der Waals surface area contributed by atoms with Crippen LogP contribution in [0.4, 0.5) is 11.4 Å². The van der Waals surface area contributed by atoms with Gasteiger partial charge in [-0.3, -0.25) is 14.4 Å². The van der Waals surface area contributed by atoms with Crippen molar-refractivity contribution in [2.45, 2.75) is 25.7 Å². The Morgan fingerprint density at radius 1 is 1.00 bits per heavy atom. The van der Waals surface area contributed by atoms with Crippen molar-refractivity contribution in [3.8, 4) is 0 Å². The highest BCUT2D eigenvalue weighted by Gasteiger charge is 2.34. The van der Waals surface area contributed by atoms with Crippen LogP contribution >= 0.6 is 0 Å². The Morgan fingerprint density at radius 2 is 1.74 bits per heavy atom. The summed E-state index contributed by atoms with van der Waals surface area (Å²) < 4.78 is 34.1. The molecule has 4 aromatic rings. The molecule has 0 radical (unpaired) electrons. The van der Waals surface area contributed by atoms with Crippen molar-refractivity contribution in [2.75, 3.05) is 16.3 Å². The molecule has 0 aliphatic carbocycles. The molecule has 1 aliphatic heterocycles. The second-order valence-corrected chi connectivity index (χ2v) is 9.99. The van der Waals surface area contributed by atoms with Crippen molar-refractivity contribution >= 4 is 60.7 Å². The van der Waals surface area contributed by atoms with Gasteiger partial charge < -0.3 is 9.32 Å². The molecule has 0 atom stereocenters. The molecule has 2 heterocycles. The number of anilines is 2. The number of carbonyl (C=O) groups is 3. The number of amides is 2. The monoisotopic (exact) mass is 476 g/mol. The van der Waals surface area contributed by atoms with Gasteiger partial charge in [-0.1, -0.05) is 12.1 Å². The lowest BCUT2D eigenvalue weighted by Gasteiger charge is -2.22. The minimum Gasteiger partial charge on any atom is -0.461 e. The predicted octanol–water partition coefficient (Wildman–Crippen LogP) is 4.43. The Labute approximate surface area is 195 Å². The van der Waals surface area contributed by atoms with E-state index in [9.17, 15) is 22.8 Å². The number of sulfonamides is 1. The summed E-state index contributed by atoms with van der Waals surface area (Å²) in [6, 6.07) is 12.3. The first kappa shape index (κ1) is 21.8. The van der Waals surface area contributed by atoms with E-state index in [1.165, 1.54) is 36.1 Å². The third-order valence-corrected chi connectivity index (χ3v) is 7.97. The maximum absolute atomic E-state index is 13.9. The van der Waals surface area contributed by atoms with Gasteiger partial charge in [0.25, 0.3) is 15.9 Å². The summed E-state index contributed by atoms with van der Waals surface area (Å²) in [5, 5.41) is 1.31. The summed E-state index contributed by atoms with van der Waals surface area (Å²) in [5.74, 6) is -0.762. The number of hydrogen-bond donors (Lipinski definition) is 0. The van der Waals surface area contributed by atoms with E-state index < -0.39 is 15.9 Å². The number of carbonyl (C=O) groups excluding carboxylic acids is 3. The molecule has 1 aliphatic rings. The SMILES string of the molecule is CC(=O)c1c(C)oc2ccc(N(C(C)=O)S(=O)(=O)c3ccc4c5c(cccc35)C(=O)N4C)cc12. The lowest BCUT2D eigenvalue weighted by Crippen LogP contribution is -2.35. The Bertz CT molecular complexity index is 1680. The normalized spacial score (nSPS) is 13.2. The van der Waals surface area contributed by atoms with Crippen LogP contribution in [0.1, 0.15) is 40.3 Å². The number of ketones is 1. The quantitative estimate of drug-likeness (QED) is 0.404. The first-order chi connectivity index (χ1) is 16.0. The highest BCUT2D eigenvalue weighted by Crippen LogP contribution is 2.41. The smallest absolute Gasteiger partial charge is 0.271 e. The molecule has 8 nitrogen and oxygen atoms in total. The zero-order valence-corrected chi connectivity index (χ0v) is 19.7. The molecule has 0 saturated heterocycles. The second-order valence-electron chi connectivity index (χ2n) is 8.23. The van der Waals surface area contributed by atoms with Gasteiger partial charge in [0.2, 0.25) is 5.91 Å². The third kappa shape index (κ3) is 2.90. The summed E-state index contributed by atoms with van der Waals surface area (Å²) >= 11 is 0. The van der Waals surface area contributed by atoms with Crippen LogP contribution in [-0.4, -0.2) is 33.1 Å². The van der Waals surface area contributed by atoms with Gasteiger partial charge in [-0.2, -0.15) is 0 Å². The summed E-state index contributed by atoms with van der Waals surface area (Å²) in [7, 11) is -2.75. The van der Waals surface area contributed by atoms with Crippen LogP contribution < -0.4 is 9.21 Å². The van der Waals surface area contributed by atoms with Gasteiger partial charge in [0.15, 0.2) is 5.78 Å². The molecule has 0 spiro atoms. The van der Waals surface area contributed by atoms with Gasteiger partial charge in [-0.15, -0.1) is 0 Å². The molecular weight excluding hydrogens is 456 g/mol. The fourth-order valence-electron chi connectivity index (χ4n) is 4.69. The second kappa shape index (κ2) is 7.26. The van der Waals surface area contributed by atoms with E-state index in [0.717, 1.165) is 6.92 Å². The predicted molar refractivity (Wildman–Crippen MR) is 128 cm³/mol. The van der Waals surface area contributed by atoms with Crippen LogP contribution in [0.3, 0.4) is 0 Å². The maximum Gasteiger partial charge on any atom is 0.271 e. The Balaban J connectivity index is 1.75. The molecule has 0 saturated carbocycles. The molecule has 2 amide bonds. The number of furan rings is 1. The fourth-order valence-corrected chi connectivity index (χ4v) is 6.31. The molecule has 0 bridgehead atoms. The fraction of sp³-hybridized carbons (Fsp3) is 0.160. The highest BCUT2D eigenvalue weighted by molar-refractivity contribution is 7.93. The Morgan fingerprint density at radius 3 is 2.41 bits per heavy atom. The summed E-state index contributed by atoms with van der Waals surface area (Å²) in [4.78, 5) is 38.8. The minimum absolute atomic E-state index is 0.0831. The lowest BCUT2D eigenvalue weighted by atomic mass is 10.1. The number of rotatable bonds is 4. The maximum atomic E-state index is 13.9. The first-order valence-electron chi connectivity index (χ1n) is 10.5. The summed E-state index contributed by atoms with van der Waals surface area (Å²) in [5.41, 5.74) is 1.84. The van der Waals surface area contributed by atoms with Crippen molar-refractivity contribution in [3.63, 3.8) is 0 Å². The van der Waals surface area contributed by atoms with Crippen molar-refractivity contribution < 1.29 is 27.2 Å². The zero-order valence-electron chi connectivity index (χ0n) is 18.9. The van der Waals surface area contributed by atoms with Crippen molar-refractivity contribution in [1.82, 2.24) is 0 Å². The van der Waals surface area contributed by atoms with Crippen LogP contribution in [0.2, 0.25) is 0 Å². The van der Waals surface area contributed by atoms with Crippen LogP contribution in [0, 0.1) is 6.92 Å². The standard InChI is InChI=1S/C25H20N2O6S/c1-13(28)23-14(2)33-21-10-8-16(12-19(21)23)27(15(3)29)34(31,32)22-11-9-20-24-17(22)6-5-7-18(24)25(30)26(20)4/h5-12H,1-4H3. The van der Waals surface area contributed by atoms with Crippen LogP contribution in [-0.2, 0) is 14.8 Å². The minimum atomic E-state index is -4.38. The molecule has 0 fully saturated rings. The Hall–Kier alpha value is -3.98. The molecule has 172 valence electrons. The van der Waals surface area contributed by atoms with Gasteiger partial charge >= 0.3 is 0 Å². The average Bonchev–Trinajstić information content (AvgIpc) is 3.23.